The molecule has 96 valence electrons. The van der Waals surface area contributed by atoms with E-state index in [-0.39, 0.29) is 17.4 Å². The Bertz CT molecular complexity index is 479. The summed E-state index contributed by atoms with van der Waals surface area (Å²) in [6.07, 6.45) is 0.398. The number of nitro benzene ring substituents is 1. The highest BCUT2D eigenvalue weighted by atomic mass is 16.6. The molecule has 0 unspecified atom stereocenters. The van der Waals surface area contributed by atoms with Crippen LogP contribution >= 0.6 is 0 Å². The van der Waals surface area contributed by atoms with Crippen LogP contribution in [-0.2, 0) is 0 Å². The molecule has 0 aliphatic heterocycles. The SMILES string of the molecule is CC(C)N(CCC#N)c1ccc([N+](=O)[O-])c(N)c1. The molecule has 0 bridgehead atoms. The predicted molar refractivity (Wildman–Crippen MR) is 70.2 cm³/mol. The molecule has 0 fully saturated rings. The number of nitrogen functional groups attached to an aromatic ring is 1. The normalized spacial score (nSPS) is 10.1. The fraction of sp³-hybridized carbons (Fsp3) is 0.417. The molecule has 0 aliphatic rings. The van der Waals surface area contributed by atoms with Gasteiger partial charge in [-0.3, -0.25) is 10.1 Å². The first-order valence-corrected chi connectivity index (χ1v) is 5.65. The summed E-state index contributed by atoms with van der Waals surface area (Å²) in [6.45, 7) is 4.56. The van der Waals surface area contributed by atoms with Crippen LogP contribution in [0.25, 0.3) is 0 Å². The van der Waals surface area contributed by atoms with Crippen molar-refractivity contribution in [2.24, 2.45) is 0 Å². The lowest BCUT2D eigenvalue weighted by molar-refractivity contribution is -0.383. The Labute approximate surface area is 106 Å². The number of anilines is 2. The van der Waals surface area contributed by atoms with Gasteiger partial charge in [-0.1, -0.05) is 0 Å². The van der Waals surface area contributed by atoms with Crippen molar-refractivity contribution in [1.29, 1.82) is 5.26 Å². The van der Waals surface area contributed by atoms with Crippen molar-refractivity contribution in [2.45, 2.75) is 26.3 Å². The third-order valence-electron chi connectivity index (χ3n) is 2.63. The molecule has 1 aromatic carbocycles. The number of nitriles is 1. The second-order valence-electron chi connectivity index (χ2n) is 4.20. The van der Waals surface area contributed by atoms with E-state index in [1.54, 1.807) is 12.1 Å². The molecule has 0 amide bonds. The minimum atomic E-state index is -0.506. The molecule has 0 saturated heterocycles. The van der Waals surface area contributed by atoms with Gasteiger partial charge in [0.1, 0.15) is 5.69 Å². The second-order valence-corrected chi connectivity index (χ2v) is 4.20. The van der Waals surface area contributed by atoms with Gasteiger partial charge in [-0.2, -0.15) is 5.26 Å². The topological polar surface area (TPSA) is 96.2 Å². The molecule has 0 aromatic heterocycles. The van der Waals surface area contributed by atoms with Crippen LogP contribution in [0.4, 0.5) is 17.1 Å². The van der Waals surface area contributed by atoms with Crippen LogP contribution in [0.3, 0.4) is 0 Å². The summed E-state index contributed by atoms with van der Waals surface area (Å²) in [5.74, 6) is 0. The van der Waals surface area contributed by atoms with Crippen LogP contribution in [0.2, 0.25) is 0 Å². The van der Waals surface area contributed by atoms with Crippen LogP contribution in [0.15, 0.2) is 18.2 Å². The zero-order chi connectivity index (χ0) is 13.7. The summed E-state index contributed by atoms with van der Waals surface area (Å²) in [4.78, 5) is 12.2. The van der Waals surface area contributed by atoms with Crippen LogP contribution in [-0.4, -0.2) is 17.5 Å². The van der Waals surface area contributed by atoms with Crippen LogP contribution in [0.5, 0.6) is 0 Å². The van der Waals surface area contributed by atoms with Crippen LogP contribution < -0.4 is 10.6 Å². The van der Waals surface area contributed by atoms with E-state index in [1.807, 2.05) is 18.7 Å². The molecular formula is C12H16N4O2. The minimum Gasteiger partial charge on any atom is -0.393 e. The quantitative estimate of drug-likeness (QED) is 0.490. The first kappa shape index (κ1) is 13.8. The van der Waals surface area contributed by atoms with Gasteiger partial charge in [0.2, 0.25) is 0 Å². The van der Waals surface area contributed by atoms with E-state index in [0.717, 1.165) is 5.69 Å². The standard InChI is InChI=1S/C12H16N4O2/c1-9(2)15(7-3-6-13)10-4-5-12(16(17)18)11(14)8-10/h4-5,8-9H,3,7,14H2,1-2H3. The summed E-state index contributed by atoms with van der Waals surface area (Å²) in [5, 5.41) is 19.3. The van der Waals surface area contributed by atoms with E-state index in [2.05, 4.69) is 6.07 Å². The molecule has 0 saturated carbocycles. The fourth-order valence-corrected chi connectivity index (χ4v) is 1.74. The van der Waals surface area contributed by atoms with E-state index < -0.39 is 4.92 Å². The maximum atomic E-state index is 10.7. The molecule has 0 spiro atoms. The van der Waals surface area contributed by atoms with Crippen molar-refractivity contribution in [3.8, 4) is 6.07 Å². The van der Waals surface area contributed by atoms with E-state index in [4.69, 9.17) is 11.0 Å². The zero-order valence-corrected chi connectivity index (χ0v) is 10.5. The monoisotopic (exact) mass is 248 g/mol. The first-order chi connectivity index (χ1) is 8.47. The number of hydrogen-bond acceptors (Lipinski definition) is 5. The van der Waals surface area contributed by atoms with Crippen molar-refractivity contribution in [3.05, 3.63) is 28.3 Å². The zero-order valence-electron chi connectivity index (χ0n) is 10.5. The summed E-state index contributed by atoms with van der Waals surface area (Å²) in [7, 11) is 0. The second kappa shape index (κ2) is 5.87. The molecule has 2 N–H and O–H groups in total. The first-order valence-electron chi connectivity index (χ1n) is 5.65. The van der Waals surface area contributed by atoms with Gasteiger partial charge >= 0.3 is 0 Å². The van der Waals surface area contributed by atoms with Crippen molar-refractivity contribution >= 4 is 17.1 Å². The number of benzene rings is 1. The van der Waals surface area contributed by atoms with Gasteiger partial charge in [0.25, 0.3) is 5.69 Å². The number of nitrogens with zero attached hydrogens (tertiary/aromatic N) is 3. The van der Waals surface area contributed by atoms with Crippen LogP contribution in [0.1, 0.15) is 20.3 Å². The third kappa shape index (κ3) is 3.10. The summed E-state index contributed by atoms with van der Waals surface area (Å²) >= 11 is 0. The minimum absolute atomic E-state index is 0.0947. The average molecular weight is 248 g/mol. The molecule has 0 radical (unpaired) electrons. The molecule has 0 atom stereocenters. The van der Waals surface area contributed by atoms with Gasteiger partial charge in [-0.05, 0) is 26.0 Å². The van der Waals surface area contributed by atoms with Gasteiger partial charge in [0.15, 0.2) is 0 Å². The van der Waals surface area contributed by atoms with Crippen molar-refractivity contribution in [1.82, 2.24) is 0 Å². The van der Waals surface area contributed by atoms with Gasteiger partial charge < -0.3 is 10.6 Å². The van der Waals surface area contributed by atoms with Gasteiger partial charge in [-0.15, -0.1) is 0 Å². The molecule has 1 aromatic rings. The number of hydrogen-bond donors (Lipinski definition) is 1. The molecule has 0 aliphatic carbocycles. The Morgan fingerprint density at radius 3 is 2.67 bits per heavy atom. The highest BCUT2D eigenvalue weighted by Gasteiger charge is 2.15. The third-order valence-corrected chi connectivity index (χ3v) is 2.63. The van der Waals surface area contributed by atoms with E-state index in [1.165, 1.54) is 6.07 Å². The highest BCUT2D eigenvalue weighted by Crippen LogP contribution is 2.28. The Morgan fingerprint density at radius 1 is 1.56 bits per heavy atom. The Balaban J connectivity index is 3.03. The summed E-state index contributed by atoms with van der Waals surface area (Å²) < 4.78 is 0. The average Bonchev–Trinajstić information content (AvgIpc) is 2.28. The summed E-state index contributed by atoms with van der Waals surface area (Å²) in [6, 6.07) is 6.91. The Kier molecular flexibility index (Phi) is 4.49. The van der Waals surface area contributed by atoms with Gasteiger partial charge in [0.05, 0.1) is 17.4 Å². The lowest BCUT2D eigenvalue weighted by Crippen LogP contribution is -2.31. The molecule has 18 heavy (non-hydrogen) atoms. The van der Waals surface area contributed by atoms with E-state index in [0.29, 0.717) is 13.0 Å². The van der Waals surface area contributed by atoms with Gasteiger partial charge in [-0.25, -0.2) is 0 Å². The maximum Gasteiger partial charge on any atom is 0.292 e. The predicted octanol–water partition coefficient (Wildman–Crippen LogP) is 2.31. The molecular weight excluding hydrogens is 232 g/mol. The lowest BCUT2D eigenvalue weighted by atomic mass is 10.2. The van der Waals surface area contributed by atoms with Crippen molar-refractivity contribution < 1.29 is 4.92 Å². The summed E-state index contributed by atoms with van der Waals surface area (Å²) in [5.41, 5.74) is 6.49. The largest absolute Gasteiger partial charge is 0.393 e. The maximum absolute atomic E-state index is 10.7. The molecule has 6 nitrogen and oxygen atoms in total. The number of nitro groups is 1. The number of rotatable bonds is 5. The van der Waals surface area contributed by atoms with Crippen molar-refractivity contribution in [3.63, 3.8) is 0 Å². The fourth-order valence-electron chi connectivity index (χ4n) is 1.74. The smallest absolute Gasteiger partial charge is 0.292 e. The van der Waals surface area contributed by atoms with Crippen molar-refractivity contribution in [2.75, 3.05) is 17.2 Å². The lowest BCUT2D eigenvalue weighted by Gasteiger charge is -2.28. The highest BCUT2D eigenvalue weighted by molar-refractivity contribution is 5.66. The Morgan fingerprint density at radius 2 is 2.22 bits per heavy atom. The molecule has 1 rings (SSSR count). The molecule has 0 heterocycles. The Hall–Kier alpha value is -2.29. The molecule has 6 heteroatoms. The van der Waals surface area contributed by atoms with E-state index >= 15 is 0 Å². The van der Waals surface area contributed by atoms with Crippen LogP contribution in [0, 0.1) is 21.4 Å². The number of nitrogens with two attached hydrogens (primary N) is 1. The van der Waals surface area contributed by atoms with E-state index in [9.17, 15) is 10.1 Å². The van der Waals surface area contributed by atoms with Gasteiger partial charge in [0, 0.05) is 24.3 Å².